The summed E-state index contributed by atoms with van der Waals surface area (Å²) in [7, 11) is -1.23. The Morgan fingerprint density at radius 3 is 2.71 bits per heavy atom. The lowest BCUT2D eigenvalue weighted by atomic mass is 9.87. The van der Waals surface area contributed by atoms with Gasteiger partial charge in [-0.15, -0.1) is 0 Å². The predicted octanol–water partition coefficient (Wildman–Crippen LogP) is 1.42. The van der Waals surface area contributed by atoms with Crippen LogP contribution >= 0.6 is 0 Å². The highest BCUT2D eigenvalue weighted by atomic mass is 32.2. The number of nitrogens with one attached hydrogen (secondary N) is 1. The Hall–Kier alpha value is -0.820. The van der Waals surface area contributed by atoms with Crippen molar-refractivity contribution in [1.82, 2.24) is 10.2 Å². The van der Waals surface area contributed by atoms with Crippen LogP contribution in [-0.2, 0) is 14.6 Å². The van der Waals surface area contributed by atoms with E-state index in [-0.39, 0.29) is 5.75 Å². The SMILES string of the molecule is CN=C(NCCOCC1CC1)N1CCS(=O)(=O)C2(CCCCC2)C1. The van der Waals surface area contributed by atoms with E-state index in [9.17, 15) is 8.42 Å². The molecule has 1 heterocycles. The normalized spacial score (nSPS) is 26.5. The summed E-state index contributed by atoms with van der Waals surface area (Å²) in [6.07, 6.45) is 7.41. The maximum Gasteiger partial charge on any atom is 0.193 e. The summed E-state index contributed by atoms with van der Waals surface area (Å²) in [6.45, 7) is 3.37. The molecular weight excluding hydrogens is 326 g/mol. The number of nitrogens with zero attached hydrogens (tertiary/aromatic N) is 2. The molecule has 0 aromatic rings. The van der Waals surface area contributed by atoms with Crippen LogP contribution in [0.2, 0.25) is 0 Å². The maximum atomic E-state index is 12.7. The summed E-state index contributed by atoms with van der Waals surface area (Å²) < 4.78 is 30.5. The summed E-state index contributed by atoms with van der Waals surface area (Å²) in [5.41, 5.74) is 0. The van der Waals surface area contributed by atoms with Crippen LogP contribution in [0.15, 0.2) is 4.99 Å². The highest BCUT2D eigenvalue weighted by Gasteiger charge is 2.48. The number of ether oxygens (including phenoxy) is 1. The summed E-state index contributed by atoms with van der Waals surface area (Å²) in [4.78, 5) is 6.50. The zero-order valence-electron chi connectivity index (χ0n) is 14.8. The number of hydrogen-bond acceptors (Lipinski definition) is 4. The van der Waals surface area contributed by atoms with Gasteiger partial charge in [0.15, 0.2) is 15.8 Å². The summed E-state index contributed by atoms with van der Waals surface area (Å²) in [6, 6.07) is 0. The zero-order valence-corrected chi connectivity index (χ0v) is 15.6. The molecule has 0 unspecified atom stereocenters. The molecule has 0 aromatic heterocycles. The molecule has 1 spiro atoms. The van der Waals surface area contributed by atoms with E-state index in [1.807, 2.05) is 0 Å². The molecule has 1 saturated heterocycles. The molecule has 3 aliphatic rings. The first-order valence-corrected chi connectivity index (χ1v) is 11.0. The van der Waals surface area contributed by atoms with E-state index in [4.69, 9.17) is 4.74 Å². The Morgan fingerprint density at radius 2 is 2.04 bits per heavy atom. The monoisotopic (exact) mass is 357 g/mol. The minimum absolute atomic E-state index is 0.242. The standard InChI is InChI=1S/C17H31N3O3S/c1-18-16(19-9-11-23-13-15-5-6-15)20-10-12-24(21,22)17(14-20)7-3-2-4-8-17/h15H,2-14H2,1H3,(H,18,19). The van der Waals surface area contributed by atoms with Gasteiger partial charge in [-0.1, -0.05) is 19.3 Å². The smallest absolute Gasteiger partial charge is 0.193 e. The number of aliphatic imine (C=N–C) groups is 1. The number of sulfone groups is 1. The van der Waals surface area contributed by atoms with Crippen LogP contribution in [0.5, 0.6) is 0 Å². The van der Waals surface area contributed by atoms with Crippen molar-refractivity contribution in [2.75, 3.05) is 45.6 Å². The highest BCUT2D eigenvalue weighted by Crippen LogP contribution is 2.38. The van der Waals surface area contributed by atoms with Crippen molar-refractivity contribution >= 4 is 15.8 Å². The van der Waals surface area contributed by atoms with E-state index in [0.29, 0.717) is 19.7 Å². The van der Waals surface area contributed by atoms with Crippen LogP contribution in [0, 0.1) is 5.92 Å². The van der Waals surface area contributed by atoms with Crippen molar-refractivity contribution in [2.45, 2.75) is 49.7 Å². The van der Waals surface area contributed by atoms with Crippen molar-refractivity contribution in [3.8, 4) is 0 Å². The van der Waals surface area contributed by atoms with Gasteiger partial charge in [0.05, 0.1) is 17.1 Å². The van der Waals surface area contributed by atoms with Crippen LogP contribution in [-0.4, -0.2) is 69.7 Å². The molecule has 2 aliphatic carbocycles. The van der Waals surface area contributed by atoms with E-state index in [2.05, 4.69) is 15.2 Å². The van der Waals surface area contributed by atoms with Crippen LogP contribution in [0.25, 0.3) is 0 Å². The second kappa shape index (κ2) is 7.60. The average Bonchev–Trinajstić information content (AvgIpc) is 3.39. The molecule has 0 atom stereocenters. The predicted molar refractivity (Wildman–Crippen MR) is 96.1 cm³/mol. The summed E-state index contributed by atoms with van der Waals surface area (Å²) >= 11 is 0. The lowest BCUT2D eigenvalue weighted by molar-refractivity contribution is 0.128. The van der Waals surface area contributed by atoms with Crippen molar-refractivity contribution in [2.24, 2.45) is 10.9 Å². The zero-order chi connectivity index (χ0) is 17.0. The number of guanidine groups is 1. The molecule has 0 amide bonds. The minimum atomic E-state index is -3.00. The molecule has 0 aromatic carbocycles. The second-order valence-corrected chi connectivity index (χ2v) is 9.98. The van der Waals surface area contributed by atoms with Gasteiger partial charge < -0.3 is 15.0 Å². The fourth-order valence-corrected chi connectivity index (χ4v) is 6.08. The minimum Gasteiger partial charge on any atom is -0.379 e. The molecule has 24 heavy (non-hydrogen) atoms. The van der Waals surface area contributed by atoms with Gasteiger partial charge in [-0.3, -0.25) is 4.99 Å². The van der Waals surface area contributed by atoms with Gasteiger partial charge in [-0.2, -0.15) is 0 Å². The maximum absolute atomic E-state index is 12.7. The quantitative estimate of drug-likeness (QED) is 0.458. The number of hydrogen-bond donors (Lipinski definition) is 1. The Morgan fingerprint density at radius 1 is 1.29 bits per heavy atom. The molecule has 1 N–H and O–H groups in total. The molecule has 1 aliphatic heterocycles. The van der Waals surface area contributed by atoms with Crippen LogP contribution in [0.3, 0.4) is 0 Å². The third kappa shape index (κ3) is 4.04. The lowest BCUT2D eigenvalue weighted by Crippen LogP contribution is -2.60. The topological polar surface area (TPSA) is 71.0 Å². The highest BCUT2D eigenvalue weighted by molar-refractivity contribution is 7.92. The van der Waals surface area contributed by atoms with Gasteiger partial charge in [0.2, 0.25) is 0 Å². The van der Waals surface area contributed by atoms with Crippen molar-refractivity contribution in [1.29, 1.82) is 0 Å². The van der Waals surface area contributed by atoms with Gasteiger partial charge in [-0.05, 0) is 31.6 Å². The summed E-state index contributed by atoms with van der Waals surface area (Å²) in [5.74, 6) is 1.83. The first-order valence-electron chi connectivity index (χ1n) is 9.32. The van der Waals surface area contributed by atoms with Gasteiger partial charge >= 0.3 is 0 Å². The molecule has 3 fully saturated rings. The Balaban J connectivity index is 1.54. The van der Waals surface area contributed by atoms with Gasteiger partial charge in [0.1, 0.15) is 0 Å². The molecule has 7 heteroatoms. The Labute approximate surface area is 146 Å². The van der Waals surface area contributed by atoms with E-state index in [1.54, 1.807) is 7.05 Å². The molecule has 0 bridgehead atoms. The Bertz CT molecular complexity index is 551. The van der Waals surface area contributed by atoms with E-state index in [0.717, 1.165) is 57.1 Å². The second-order valence-electron chi connectivity index (χ2n) is 7.48. The van der Waals surface area contributed by atoms with Crippen LogP contribution < -0.4 is 5.32 Å². The van der Waals surface area contributed by atoms with E-state index < -0.39 is 14.6 Å². The number of rotatable bonds is 5. The molecule has 6 nitrogen and oxygen atoms in total. The van der Waals surface area contributed by atoms with Gasteiger partial charge in [0, 0.05) is 33.3 Å². The van der Waals surface area contributed by atoms with Crippen molar-refractivity contribution < 1.29 is 13.2 Å². The van der Waals surface area contributed by atoms with Crippen LogP contribution in [0.1, 0.15) is 44.9 Å². The first kappa shape index (κ1) is 18.0. The van der Waals surface area contributed by atoms with E-state index in [1.165, 1.54) is 12.8 Å². The van der Waals surface area contributed by atoms with E-state index >= 15 is 0 Å². The summed E-state index contributed by atoms with van der Waals surface area (Å²) in [5, 5.41) is 3.34. The van der Waals surface area contributed by atoms with Crippen molar-refractivity contribution in [3.63, 3.8) is 0 Å². The van der Waals surface area contributed by atoms with Gasteiger partial charge in [0.25, 0.3) is 0 Å². The fourth-order valence-electron chi connectivity index (χ4n) is 3.92. The molecule has 0 radical (unpaired) electrons. The van der Waals surface area contributed by atoms with Crippen molar-refractivity contribution in [3.05, 3.63) is 0 Å². The van der Waals surface area contributed by atoms with Crippen LogP contribution in [0.4, 0.5) is 0 Å². The average molecular weight is 358 g/mol. The molecule has 3 rings (SSSR count). The molecular formula is C17H31N3O3S. The van der Waals surface area contributed by atoms with Gasteiger partial charge in [-0.25, -0.2) is 8.42 Å². The molecule has 138 valence electrons. The largest absolute Gasteiger partial charge is 0.379 e. The third-order valence-corrected chi connectivity index (χ3v) is 8.20. The Kier molecular flexibility index (Phi) is 5.70. The first-order chi connectivity index (χ1) is 11.6. The fraction of sp³-hybridized carbons (Fsp3) is 0.941. The lowest BCUT2D eigenvalue weighted by Gasteiger charge is -2.45. The molecule has 2 saturated carbocycles. The third-order valence-electron chi connectivity index (χ3n) is 5.62.